The van der Waals surface area contributed by atoms with Crippen molar-refractivity contribution in [3.8, 4) is 5.75 Å². The van der Waals surface area contributed by atoms with Crippen LogP contribution in [0.4, 0.5) is 33.0 Å². The number of aryl methyl sites for hydroxylation is 1. The maximum absolute atomic E-state index is 14.5. The molecule has 9 heteroatoms. The molecule has 1 aliphatic rings. The number of nitrogens with zero attached hydrogens (tertiary/aromatic N) is 1. The highest BCUT2D eigenvalue weighted by atomic mass is 19.1. The zero-order chi connectivity index (χ0) is 24.4. The quantitative estimate of drug-likeness (QED) is 0.306. The molecule has 4 rings (SSSR count). The largest absolute Gasteiger partial charge is 0.508 e. The predicted molar refractivity (Wildman–Crippen MR) is 131 cm³/mol. The Morgan fingerprint density at radius 1 is 1.09 bits per heavy atom. The number of carbonyl (C=O) groups is 1. The Balaban J connectivity index is 1.60. The van der Waals surface area contributed by atoms with Gasteiger partial charge in [-0.25, -0.2) is 9.37 Å². The van der Waals surface area contributed by atoms with Crippen molar-refractivity contribution in [2.24, 2.45) is 5.92 Å². The number of hydrogen-bond donors (Lipinski definition) is 6. The molecular formula is C25H28FN5O3. The van der Waals surface area contributed by atoms with Crippen LogP contribution in [0.15, 0.2) is 42.6 Å². The molecule has 0 radical (unpaired) electrons. The number of anilines is 5. The van der Waals surface area contributed by atoms with Crippen LogP contribution in [0.3, 0.4) is 0 Å². The topological polar surface area (TPSA) is 119 Å². The Morgan fingerprint density at radius 3 is 2.62 bits per heavy atom. The lowest BCUT2D eigenvalue weighted by Gasteiger charge is -2.20. The summed E-state index contributed by atoms with van der Waals surface area (Å²) in [5.74, 6) is -0.413. The van der Waals surface area contributed by atoms with Gasteiger partial charge in [0.1, 0.15) is 22.9 Å². The molecule has 0 fully saturated rings. The van der Waals surface area contributed by atoms with Crippen LogP contribution in [-0.4, -0.2) is 33.8 Å². The van der Waals surface area contributed by atoms with Crippen molar-refractivity contribution in [2.45, 2.75) is 33.4 Å². The molecule has 3 aromatic rings. The normalized spacial score (nSPS) is 13.4. The zero-order valence-electron chi connectivity index (χ0n) is 19.2. The van der Waals surface area contributed by atoms with Crippen LogP contribution in [0.2, 0.25) is 0 Å². The van der Waals surface area contributed by atoms with E-state index in [1.807, 2.05) is 32.0 Å². The number of phenolic OH excluding ortho intramolecular Hbond substituents is 1. The van der Waals surface area contributed by atoms with E-state index in [1.165, 1.54) is 18.3 Å². The van der Waals surface area contributed by atoms with Gasteiger partial charge in [0.25, 0.3) is 5.91 Å². The minimum atomic E-state index is -0.550. The van der Waals surface area contributed by atoms with Gasteiger partial charge >= 0.3 is 0 Å². The van der Waals surface area contributed by atoms with Crippen molar-refractivity contribution >= 4 is 34.5 Å². The Labute approximate surface area is 197 Å². The first-order valence-electron chi connectivity index (χ1n) is 11.1. The fourth-order valence-electron chi connectivity index (χ4n) is 3.78. The van der Waals surface area contributed by atoms with Crippen molar-refractivity contribution in [3.63, 3.8) is 0 Å². The minimum absolute atomic E-state index is 0.0322. The summed E-state index contributed by atoms with van der Waals surface area (Å²) in [5, 5.41) is 31.8. The summed E-state index contributed by atoms with van der Waals surface area (Å²) in [6.07, 6.45) is 1.51. The zero-order valence-corrected chi connectivity index (χ0v) is 19.2. The van der Waals surface area contributed by atoms with E-state index in [4.69, 9.17) is 0 Å². The highest BCUT2D eigenvalue weighted by Gasteiger charge is 2.24. The third-order valence-corrected chi connectivity index (χ3v) is 5.89. The molecule has 0 saturated heterocycles. The van der Waals surface area contributed by atoms with Crippen LogP contribution in [-0.2, 0) is 6.54 Å². The van der Waals surface area contributed by atoms with Gasteiger partial charge in [0, 0.05) is 24.8 Å². The highest BCUT2D eigenvalue weighted by molar-refractivity contribution is 6.15. The second-order valence-electron chi connectivity index (χ2n) is 8.70. The molecule has 2 heterocycles. The average Bonchev–Trinajstić information content (AvgIpc) is 2.93. The lowest BCUT2D eigenvalue weighted by molar-refractivity contribution is 0.102. The fraction of sp³-hybridized carbons (Fsp3) is 0.280. The number of rotatable bonds is 7. The Morgan fingerprint density at radius 2 is 1.88 bits per heavy atom. The smallest absolute Gasteiger partial charge is 0.261 e. The van der Waals surface area contributed by atoms with Crippen LogP contribution in [0, 0.1) is 18.7 Å². The molecule has 6 N–H and O–H groups in total. The predicted octanol–water partition coefficient (Wildman–Crippen LogP) is 4.39. The van der Waals surface area contributed by atoms with Crippen LogP contribution in [0.1, 0.15) is 35.3 Å². The summed E-state index contributed by atoms with van der Waals surface area (Å²) < 4.78 is 14.5. The molecule has 0 aliphatic carbocycles. The van der Waals surface area contributed by atoms with Crippen molar-refractivity contribution in [2.75, 3.05) is 22.6 Å². The van der Waals surface area contributed by atoms with Crippen molar-refractivity contribution in [1.82, 2.24) is 10.3 Å². The van der Waals surface area contributed by atoms with Gasteiger partial charge < -0.3 is 31.5 Å². The van der Waals surface area contributed by atoms with E-state index in [1.54, 1.807) is 13.0 Å². The number of amides is 1. The van der Waals surface area contributed by atoms with Gasteiger partial charge in [-0.2, -0.15) is 0 Å². The number of aromatic hydroxyl groups is 1. The number of carbonyl (C=O) groups excluding carboxylic acids is 1. The van der Waals surface area contributed by atoms with Crippen LogP contribution in [0.25, 0.3) is 0 Å². The fourth-order valence-corrected chi connectivity index (χ4v) is 3.78. The van der Waals surface area contributed by atoms with E-state index in [0.29, 0.717) is 35.0 Å². The molecule has 0 saturated carbocycles. The van der Waals surface area contributed by atoms with Crippen LogP contribution in [0.5, 0.6) is 5.75 Å². The molecule has 178 valence electrons. The number of phenols is 1. The number of hydrogen-bond acceptors (Lipinski definition) is 7. The SMILES string of the molecule is Cc1cc(F)c(Nc2ccnc3c2C(=O)Nc2cc(CNC(CO)C(C)C)ccc2N3)cc1O. The number of pyridine rings is 1. The van der Waals surface area contributed by atoms with Gasteiger partial charge in [-0.3, -0.25) is 4.79 Å². The summed E-state index contributed by atoms with van der Waals surface area (Å²) in [6.45, 7) is 6.24. The van der Waals surface area contributed by atoms with E-state index < -0.39 is 11.7 Å². The molecule has 1 amide bonds. The van der Waals surface area contributed by atoms with E-state index in [2.05, 4.69) is 26.3 Å². The summed E-state index contributed by atoms with van der Waals surface area (Å²) in [7, 11) is 0. The van der Waals surface area contributed by atoms with Crippen molar-refractivity contribution < 1.29 is 19.4 Å². The van der Waals surface area contributed by atoms with E-state index >= 15 is 0 Å². The van der Waals surface area contributed by atoms with E-state index in [9.17, 15) is 19.4 Å². The van der Waals surface area contributed by atoms with Gasteiger partial charge in [0.05, 0.1) is 29.4 Å². The molecule has 2 aromatic carbocycles. The maximum atomic E-state index is 14.5. The number of benzene rings is 2. The highest BCUT2D eigenvalue weighted by Crippen LogP contribution is 2.36. The first-order chi connectivity index (χ1) is 16.3. The first-order valence-corrected chi connectivity index (χ1v) is 11.1. The molecule has 8 nitrogen and oxygen atoms in total. The molecule has 1 aliphatic heterocycles. The number of aliphatic hydroxyl groups excluding tert-OH is 1. The summed E-state index contributed by atoms with van der Waals surface area (Å²) in [4.78, 5) is 17.5. The molecule has 34 heavy (non-hydrogen) atoms. The first kappa shape index (κ1) is 23.5. The second-order valence-corrected chi connectivity index (χ2v) is 8.70. The molecule has 1 atom stereocenters. The summed E-state index contributed by atoms with van der Waals surface area (Å²) >= 11 is 0. The summed E-state index contributed by atoms with van der Waals surface area (Å²) in [6, 6.07) is 9.69. The van der Waals surface area contributed by atoms with Gasteiger partial charge in [0.2, 0.25) is 0 Å². The Bertz CT molecular complexity index is 1230. The number of aromatic nitrogens is 1. The number of fused-ring (bicyclic) bond motifs is 2. The van der Waals surface area contributed by atoms with Crippen molar-refractivity contribution in [1.29, 1.82) is 0 Å². The van der Waals surface area contributed by atoms with Gasteiger partial charge in [-0.05, 0) is 48.2 Å². The molecule has 0 spiro atoms. The third-order valence-electron chi connectivity index (χ3n) is 5.89. The van der Waals surface area contributed by atoms with Crippen LogP contribution >= 0.6 is 0 Å². The number of halogens is 1. The summed E-state index contributed by atoms with van der Waals surface area (Å²) in [5.41, 5.74) is 3.21. The molecule has 1 unspecified atom stereocenters. The second kappa shape index (κ2) is 9.66. The van der Waals surface area contributed by atoms with Gasteiger partial charge in [-0.1, -0.05) is 19.9 Å². The lowest BCUT2D eigenvalue weighted by Crippen LogP contribution is -2.36. The van der Waals surface area contributed by atoms with Gasteiger partial charge in [0.15, 0.2) is 0 Å². The van der Waals surface area contributed by atoms with E-state index in [-0.39, 0.29) is 35.6 Å². The average molecular weight is 466 g/mol. The van der Waals surface area contributed by atoms with Crippen LogP contribution < -0.4 is 21.3 Å². The maximum Gasteiger partial charge on any atom is 0.261 e. The Kier molecular flexibility index (Phi) is 6.67. The monoisotopic (exact) mass is 465 g/mol. The molecular weight excluding hydrogens is 437 g/mol. The standard InChI is InChI=1S/C25H28FN5O3/c1-13(2)21(12-32)28-11-15-4-5-17-20(9-15)31-25(34)23-18(6-7-27-24(23)30-17)29-19-10-22(33)14(3)8-16(19)26/h4-10,13,21,28,32-33H,11-12H2,1-3H3,(H,31,34)(H2,27,29,30). The molecule has 0 bridgehead atoms. The molecule has 1 aromatic heterocycles. The minimum Gasteiger partial charge on any atom is -0.508 e. The van der Waals surface area contributed by atoms with Gasteiger partial charge in [-0.15, -0.1) is 0 Å². The lowest BCUT2D eigenvalue weighted by atomic mass is 10.0. The Hall–Kier alpha value is -3.69. The van der Waals surface area contributed by atoms with E-state index in [0.717, 1.165) is 5.56 Å². The number of aliphatic hydroxyl groups is 1. The third kappa shape index (κ3) is 4.80. The number of nitrogens with one attached hydrogen (secondary N) is 4. The van der Waals surface area contributed by atoms with Crippen molar-refractivity contribution in [3.05, 3.63) is 65.1 Å².